The van der Waals surface area contributed by atoms with Crippen molar-refractivity contribution < 1.29 is 18.3 Å². The first-order valence-corrected chi connectivity index (χ1v) is 12.1. The molecule has 2 N–H and O–H groups in total. The van der Waals surface area contributed by atoms with Crippen LogP contribution in [0.1, 0.15) is 32.8 Å². The molecule has 0 spiro atoms. The lowest BCUT2D eigenvalue weighted by molar-refractivity contribution is 0.0240. The van der Waals surface area contributed by atoms with E-state index in [4.69, 9.17) is 9.72 Å². The fourth-order valence-corrected chi connectivity index (χ4v) is 4.15. The lowest BCUT2D eigenvalue weighted by Gasteiger charge is -2.36. The molecular formula is C26H32F2N6O2. The monoisotopic (exact) mass is 498 g/mol. The minimum atomic E-state index is -2.56. The Labute approximate surface area is 210 Å². The second-order valence-electron chi connectivity index (χ2n) is 10.2. The number of nitriles is 1. The molecule has 0 bridgehead atoms. The minimum Gasteiger partial charge on any atom is -0.444 e. The molecule has 1 saturated carbocycles. The van der Waals surface area contributed by atoms with E-state index in [2.05, 4.69) is 16.7 Å². The van der Waals surface area contributed by atoms with E-state index in [1.165, 1.54) is 0 Å². The van der Waals surface area contributed by atoms with E-state index < -0.39 is 17.4 Å². The number of hydrogen-bond acceptors (Lipinski definition) is 7. The van der Waals surface area contributed by atoms with Crippen LogP contribution in [0.4, 0.5) is 30.8 Å². The van der Waals surface area contributed by atoms with Crippen LogP contribution in [0, 0.1) is 17.2 Å². The van der Waals surface area contributed by atoms with Gasteiger partial charge >= 0.3 is 6.09 Å². The van der Waals surface area contributed by atoms with Crippen molar-refractivity contribution in [2.45, 2.75) is 38.7 Å². The molecule has 2 aliphatic rings. The SMILES string of the molecule is CNc1cc(-c2ccc(C#N)c(N3CCN(C(=O)OC(C)(C)C)CC3)n2)ccc1NCC1CC1(F)F. The van der Waals surface area contributed by atoms with Crippen LogP contribution in [0.5, 0.6) is 0 Å². The summed E-state index contributed by atoms with van der Waals surface area (Å²) in [5.74, 6) is -2.61. The summed E-state index contributed by atoms with van der Waals surface area (Å²) in [5, 5.41) is 15.9. The van der Waals surface area contributed by atoms with Gasteiger partial charge in [0, 0.05) is 57.7 Å². The Kier molecular flexibility index (Phi) is 6.94. The maximum Gasteiger partial charge on any atom is 0.410 e. The van der Waals surface area contributed by atoms with Crippen molar-refractivity contribution in [2.75, 3.05) is 55.3 Å². The number of hydrogen-bond donors (Lipinski definition) is 2. The zero-order valence-electron chi connectivity index (χ0n) is 21.1. The van der Waals surface area contributed by atoms with Crippen molar-refractivity contribution in [2.24, 2.45) is 5.92 Å². The molecule has 2 fully saturated rings. The minimum absolute atomic E-state index is 0.0725. The van der Waals surface area contributed by atoms with E-state index >= 15 is 0 Å². The van der Waals surface area contributed by atoms with Gasteiger partial charge in [-0.25, -0.2) is 18.6 Å². The first kappa shape index (κ1) is 25.5. The number of anilines is 3. The topological polar surface area (TPSA) is 93.5 Å². The third kappa shape index (κ3) is 5.78. The molecule has 1 unspecified atom stereocenters. The van der Waals surface area contributed by atoms with Crippen LogP contribution >= 0.6 is 0 Å². The molecule has 1 aromatic heterocycles. The number of halogens is 2. The van der Waals surface area contributed by atoms with Gasteiger partial charge in [-0.15, -0.1) is 0 Å². The molecule has 192 valence electrons. The molecule has 1 aromatic carbocycles. The van der Waals surface area contributed by atoms with Crippen LogP contribution < -0.4 is 15.5 Å². The van der Waals surface area contributed by atoms with Crippen molar-refractivity contribution in [3.8, 4) is 17.3 Å². The lowest BCUT2D eigenvalue weighted by Crippen LogP contribution is -2.50. The van der Waals surface area contributed by atoms with Gasteiger partial charge in [0.2, 0.25) is 0 Å². The van der Waals surface area contributed by atoms with Gasteiger partial charge < -0.3 is 25.2 Å². The summed E-state index contributed by atoms with van der Waals surface area (Å²) in [5.41, 5.74) is 2.95. The predicted molar refractivity (Wildman–Crippen MR) is 135 cm³/mol. The first-order chi connectivity index (χ1) is 17.0. The van der Waals surface area contributed by atoms with Crippen molar-refractivity contribution in [3.05, 3.63) is 35.9 Å². The van der Waals surface area contributed by atoms with Crippen LogP contribution in [-0.4, -0.2) is 67.3 Å². The Morgan fingerprint density at radius 3 is 2.47 bits per heavy atom. The summed E-state index contributed by atoms with van der Waals surface area (Å²) >= 11 is 0. The van der Waals surface area contributed by atoms with E-state index in [0.29, 0.717) is 43.3 Å². The highest BCUT2D eigenvalue weighted by Crippen LogP contribution is 2.48. The molecule has 1 aliphatic heterocycles. The molecule has 1 amide bonds. The number of pyridine rings is 1. The average Bonchev–Trinajstić information content (AvgIpc) is 3.47. The van der Waals surface area contributed by atoms with E-state index in [0.717, 1.165) is 16.9 Å². The number of benzene rings is 1. The summed E-state index contributed by atoms with van der Waals surface area (Å²) in [6.07, 6.45) is -0.417. The van der Waals surface area contributed by atoms with Crippen LogP contribution in [0.25, 0.3) is 11.3 Å². The van der Waals surface area contributed by atoms with Gasteiger partial charge in [-0.1, -0.05) is 6.07 Å². The number of carbonyl (C=O) groups is 1. The van der Waals surface area contributed by atoms with Crippen LogP contribution in [0.2, 0.25) is 0 Å². The molecule has 1 saturated heterocycles. The first-order valence-electron chi connectivity index (χ1n) is 12.1. The fourth-order valence-electron chi connectivity index (χ4n) is 4.15. The van der Waals surface area contributed by atoms with Crippen molar-refractivity contribution >= 4 is 23.3 Å². The number of nitrogens with zero attached hydrogens (tertiary/aromatic N) is 4. The van der Waals surface area contributed by atoms with Crippen LogP contribution in [0.3, 0.4) is 0 Å². The zero-order valence-corrected chi connectivity index (χ0v) is 21.1. The van der Waals surface area contributed by atoms with Gasteiger partial charge in [0.1, 0.15) is 17.5 Å². The Bertz CT molecular complexity index is 1170. The van der Waals surface area contributed by atoms with Gasteiger partial charge in [0.05, 0.1) is 22.6 Å². The van der Waals surface area contributed by atoms with Crippen LogP contribution in [0.15, 0.2) is 30.3 Å². The molecule has 0 radical (unpaired) electrons. The smallest absolute Gasteiger partial charge is 0.410 e. The molecule has 2 aromatic rings. The van der Waals surface area contributed by atoms with Gasteiger partial charge in [-0.2, -0.15) is 5.26 Å². The van der Waals surface area contributed by atoms with Crippen molar-refractivity contribution in [1.82, 2.24) is 9.88 Å². The average molecular weight is 499 g/mol. The third-order valence-electron chi connectivity index (χ3n) is 6.31. The van der Waals surface area contributed by atoms with E-state index in [-0.39, 0.29) is 19.1 Å². The highest BCUT2D eigenvalue weighted by molar-refractivity contribution is 5.77. The van der Waals surface area contributed by atoms with E-state index in [1.807, 2.05) is 43.9 Å². The number of amides is 1. The summed E-state index contributed by atoms with van der Waals surface area (Å²) in [7, 11) is 1.78. The molecule has 2 heterocycles. The molecule has 1 aliphatic carbocycles. The highest BCUT2D eigenvalue weighted by atomic mass is 19.3. The molecule has 10 heteroatoms. The maximum atomic E-state index is 13.2. The number of aromatic nitrogens is 1. The number of ether oxygens (including phenoxy) is 1. The Hall–Kier alpha value is -3.61. The number of nitrogens with one attached hydrogen (secondary N) is 2. The molecule has 36 heavy (non-hydrogen) atoms. The number of rotatable bonds is 6. The van der Waals surface area contributed by atoms with Gasteiger partial charge in [0.25, 0.3) is 5.92 Å². The molecular weight excluding hydrogens is 466 g/mol. The summed E-state index contributed by atoms with van der Waals surface area (Å²) in [6, 6.07) is 11.4. The number of carbonyl (C=O) groups excluding carboxylic acids is 1. The molecule has 1 atom stereocenters. The van der Waals surface area contributed by atoms with Gasteiger partial charge in [0.15, 0.2) is 0 Å². The lowest BCUT2D eigenvalue weighted by atomic mass is 10.1. The summed E-state index contributed by atoms with van der Waals surface area (Å²) < 4.78 is 31.9. The Morgan fingerprint density at radius 1 is 1.19 bits per heavy atom. The summed E-state index contributed by atoms with van der Waals surface area (Å²) in [4.78, 5) is 20.9. The standard InChI is InChI=1S/C26H32F2N6O2/c1-25(2,3)36-24(35)34-11-9-33(10-12-34)23-18(15-29)6-7-20(32-23)17-5-8-21(22(13-17)30-4)31-16-19-14-26(19,27)28/h5-8,13,19,30-31H,9-12,14,16H2,1-4H3. The molecule has 4 rings (SSSR count). The van der Waals surface area contributed by atoms with Crippen molar-refractivity contribution in [1.29, 1.82) is 5.26 Å². The van der Waals surface area contributed by atoms with Gasteiger partial charge in [-0.05, 0) is 45.0 Å². The van der Waals surface area contributed by atoms with E-state index in [9.17, 15) is 18.8 Å². The Morgan fingerprint density at radius 2 is 1.89 bits per heavy atom. The second kappa shape index (κ2) is 9.80. The zero-order chi connectivity index (χ0) is 26.1. The predicted octanol–water partition coefficient (Wildman–Crippen LogP) is 4.79. The summed E-state index contributed by atoms with van der Waals surface area (Å²) in [6.45, 7) is 7.72. The number of alkyl halides is 2. The quantitative estimate of drug-likeness (QED) is 0.592. The second-order valence-corrected chi connectivity index (χ2v) is 10.2. The number of piperazine rings is 1. The van der Waals surface area contributed by atoms with Crippen molar-refractivity contribution in [3.63, 3.8) is 0 Å². The highest BCUT2D eigenvalue weighted by Gasteiger charge is 2.56. The normalized spacial score (nSPS) is 18.9. The third-order valence-corrected chi connectivity index (χ3v) is 6.31. The maximum absolute atomic E-state index is 13.2. The van der Waals surface area contributed by atoms with Gasteiger partial charge in [-0.3, -0.25) is 0 Å². The molecule has 8 nitrogen and oxygen atoms in total. The van der Waals surface area contributed by atoms with Crippen LogP contribution in [-0.2, 0) is 4.74 Å². The van der Waals surface area contributed by atoms with E-state index in [1.54, 1.807) is 24.1 Å². The fraction of sp³-hybridized carbons (Fsp3) is 0.500. The Balaban J connectivity index is 1.49. The largest absolute Gasteiger partial charge is 0.444 e.